The van der Waals surface area contributed by atoms with Gasteiger partial charge in [-0.05, 0) is 64.8 Å². The van der Waals surface area contributed by atoms with Gasteiger partial charge in [-0.3, -0.25) is 0 Å². The summed E-state index contributed by atoms with van der Waals surface area (Å²) in [5.41, 5.74) is 0.570. The summed E-state index contributed by atoms with van der Waals surface area (Å²) in [6.45, 7) is 9.02. The van der Waals surface area contributed by atoms with E-state index in [1.165, 1.54) is 12.3 Å². The van der Waals surface area contributed by atoms with Crippen LogP contribution in [-0.2, 0) is 4.74 Å². The second kappa shape index (κ2) is 10.3. The number of carbonyl (C=O) groups excluding carboxylic acids is 2. The Labute approximate surface area is 225 Å². The van der Waals surface area contributed by atoms with E-state index in [-0.39, 0.29) is 18.1 Å². The third-order valence-corrected chi connectivity index (χ3v) is 7.00. The van der Waals surface area contributed by atoms with Crippen LogP contribution in [0, 0.1) is 11.6 Å². The Balaban J connectivity index is 1.30. The number of halogens is 2. The molecular formula is C27H33F2N7O3. The van der Waals surface area contributed by atoms with Crippen molar-refractivity contribution >= 4 is 29.3 Å². The number of nitrogens with one attached hydrogen (secondary N) is 1. The molecule has 2 fully saturated rings. The fourth-order valence-corrected chi connectivity index (χ4v) is 5.17. The standard InChI is InChI=1S/C27H33F2N7O3/c1-17-16-33(12-13-34(17)26(38)39-27(2,3)4)25(37)31-21-15-30-36-11-9-23(32-24(21)36)35-10-5-6-22(35)19-14-18(28)7-8-20(19)29/h7-9,11,14-15,17,22H,5-6,10,12-13,16H2,1-4H3,(H,31,37)/t17?,22-/m1/s1. The highest BCUT2D eigenvalue weighted by Gasteiger charge is 2.33. The van der Waals surface area contributed by atoms with Gasteiger partial charge in [0.1, 0.15) is 28.7 Å². The number of hydrogen-bond donors (Lipinski definition) is 1. The fraction of sp³-hybridized carbons (Fsp3) is 0.481. The number of carbonyl (C=O) groups is 2. The quantitative estimate of drug-likeness (QED) is 0.511. The molecule has 2 aromatic heterocycles. The summed E-state index contributed by atoms with van der Waals surface area (Å²) in [4.78, 5) is 35.6. The van der Waals surface area contributed by atoms with Crippen LogP contribution in [0.15, 0.2) is 36.7 Å². The van der Waals surface area contributed by atoms with Gasteiger partial charge in [0.15, 0.2) is 5.65 Å². The molecule has 2 atom stereocenters. The number of fused-ring (bicyclic) bond motifs is 1. The first-order valence-electron chi connectivity index (χ1n) is 13.1. The molecule has 39 heavy (non-hydrogen) atoms. The summed E-state index contributed by atoms with van der Waals surface area (Å²) in [6.07, 6.45) is 4.34. The molecule has 3 amide bonds. The summed E-state index contributed by atoms with van der Waals surface area (Å²) in [5.74, 6) is -0.347. The summed E-state index contributed by atoms with van der Waals surface area (Å²) < 4.78 is 35.5. The minimum Gasteiger partial charge on any atom is -0.444 e. The van der Waals surface area contributed by atoms with Crippen LogP contribution in [0.3, 0.4) is 0 Å². The van der Waals surface area contributed by atoms with Crippen LogP contribution in [-0.4, -0.2) is 74.3 Å². The summed E-state index contributed by atoms with van der Waals surface area (Å²) >= 11 is 0. The lowest BCUT2D eigenvalue weighted by molar-refractivity contribution is 0.00589. The number of urea groups is 1. The van der Waals surface area contributed by atoms with Crippen molar-refractivity contribution in [3.63, 3.8) is 0 Å². The predicted octanol–water partition coefficient (Wildman–Crippen LogP) is 4.82. The van der Waals surface area contributed by atoms with Crippen molar-refractivity contribution in [3.8, 4) is 0 Å². The first-order chi connectivity index (χ1) is 18.5. The predicted molar refractivity (Wildman–Crippen MR) is 142 cm³/mol. The van der Waals surface area contributed by atoms with Crippen LogP contribution in [0.5, 0.6) is 0 Å². The molecule has 0 spiro atoms. The molecule has 2 saturated heterocycles. The number of ether oxygens (including phenoxy) is 1. The van der Waals surface area contributed by atoms with Gasteiger partial charge in [-0.15, -0.1) is 0 Å². The average Bonchev–Trinajstić information content (AvgIpc) is 3.51. The van der Waals surface area contributed by atoms with Crippen LogP contribution in [0.1, 0.15) is 52.1 Å². The van der Waals surface area contributed by atoms with Gasteiger partial charge < -0.3 is 24.8 Å². The highest BCUT2D eigenvalue weighted by molar-refractivity contribution is 5.93. The van der Waals surface area contributed by atoms with Gasteiger partial charge in [-0.2, -0.15) is 5.10 Å². The molecule has 12 heteroatoms. The average molecular weight is 542 g/mol. The van der Waals surface area contributed by atoms with Crippen LogP contribution < -0.4 is 10.2 Å². The maximum Gasteiger partial charge on any atom is 0.410 e. The summed E-state index contributed by atoms with van der Waals surface area (Å²) in [7, 11) is 0. The van der Waals surface area contributed by atoms with Crippen molar-refractivity contribution in [2.45, 2.75) is 58.2 Å². The smallest absolute Gasteiger partial charge is 0.410 e. The number of aromatic nitrogens is 3. The van der Waals surface area contributed by atoms with Crippen molar-refractivity contribution in [1.29, 1.82) is 0 Å². The molecule has 1 aromatic carbocycles. The van der Waals surface area contributed by atoms with Gasteiger partial charge in [0.2, 0.25) is 0 Å². The Bertz CT molecular complexity index is 1390. The van der Waals surface area contributed by atoms with Crippen molar-refractivity contribution in [3.05, 3.63) is 53.9 Å². The molecule has 4 heterocycles. The van der Waals surface area contributed by atoms with E-state index in [4.69, 9.17) is 9.72 Å². The molecule has 1 unspecified atom stereocenters. The molecule has 0 bridgehead atoms. The highest BCUT2D eigenvalue weighted by atomic mass is 19.1. The van der Waals surface area contributed by atoms with Gasteiger partial charge in [0, 0.05) is 44.0 Å². The van der Waals surface area contributed by atoms with Crippen LogP contribution >= 0.6 is 0 Å². The molecule has 208 valence electrons. The summed E-state index contributed by atoms with van der Waals surface area (Å²) in [6, 6.07) is 4.39. The minimum atomic E-state index is -0.596. The lowest BCUT2D eigenvalue weighted by Gasteiger charge is -2.40. The lowest BCUT2D eigenvalue weighted by atomic mass is 10.0. The first-order valence-corrected chi connectivity index (χ1v) is 13.1. The van der Waals surface area contributed by atoms with E-state index >= 15 is 0 Å². The Morgan fingerprint density at radius 3 is 2.67 bits per heavy atom. The zero-order chi connectivity index (χ0) is 27.9. The molecule has 10 nitrogen and oxygen atoms in total. The van der Waals surface area contributed by atoms with Crippen molar-refractivity contribution in [2.24, 2.45) is 0 Å². The number of rotatable bonds is 3. The topological polar surface area (TPSA) is 95.3 Å². The van der Waals surface area contributed by atoms with Gasteiger partial charge >= 0.3 is 12.1 Å². The number of piperazine rings is 1. The third kappa shape index (κ3) is 5.59. The maximum atomic E-state index is 14.6. The molecular weight excluding hydrogens is 508 g/mol. The molecule has 1 N–H and O–H groups in total. The van der Waals surface area contributed by atoms with Gasteiger partial charge in [0.05, 0.1) is 12.2 Å². The van der Waals surface area contributed by atoms with E-state index in [1.807, 2.05) is 32.6 Å². The van der Waals surface area contributed by atoms with E-state index in [1.54, 1.807) is 26.6 Å². The normalized spacial score (nSPS) is 20.0. The first kappa shape index (κ1) is 26.6. The van der Waals surface area contributed by atoms with Crippen molar-refractivity contribution in [2.75, 3.05) is 36.4 Å². The van der Waals surface area contributed by atoms with Crippen LogP contribution in [0.4, 0.5) is 29.9 Å². The molecule has 2 aliphatic heterocycles. The minimum absolute atomic E-state index is 0.219. The van der Waals surface area contributed by atoms with Crippen LogP contribution in [0.2, 0.25) is 0 Å². The zero-order valence-electron chi connectivity index (χ0n) is 22.5. The molecule has 0 aliphatic carbocycles. The number of hydrogen-bond acceptors (Lipinski definition) is 6. The fourth-order valence-electron chi connectivity index (χ4n) is 5.17. The molecule has 5 rings (SSSR count). The van der Waals surface area contributed by atoms with E-state index in [2.05, 4.69) is 10.4 Å². The summed E-state index contributed by atoms with van der Waals surface area (Å²) in [5, 5.41) is 7.19. The Morgan fingerprint density at radius 1 is 1.13 bits per heavy atom. The Hall–Kier alpha value is -3.96. The second-order valence-corrected chi connectivity index (χ2v) is 11.0. The van der Waals surface area contributed by atoms with Crippen LogP contribution in [0.25, 0.3) is 5.65 Å². The monoisotopic (exact) mass is 541 g/mol. The van der Waals surface area contributed by atoms with E-state index in [0.717, 1.165) is 18.6 Å². The Kier molecular flexibility index (Phi) is 7.04. The molecule has 2 aliphatic rings. The van der Waals surface area contributed by atoms with E-state index < -0.39 is 23.3 Å². The van der Waals surface area contributed by atoms with E-state index in [9.17, 15) is 18.4 Å². The SMILES string of the molecule is CC1CN(C(=O)Nc2cnn3ccc(N4CCC[C@@H]4c4cc(F)ccc4F)nc23)CCN1C(=O)OC(C)(C)C. The number of nitrogens with zero attached hydrogens (tertiary/aromatic N) is 6. The Morgan fingerprint density at radius 2 is 1.92 bits per heavy atom. The van der Waals surface area contributed by atoms with E-state index in [0.29, 0.717) is 55.3 Å². The highest BCUT2D eigenvalue weighted by Crippen LogP contribution is 2.37. The number of amides is 3. The number of anilines is 2. The lowest BCUT2D eigenvalue weighted by Crippen LogP contribution is -2.57. The van der Waals surface area contributed by atoms with Gasteiger partial charge in [0.25, 0.3) is 0 Å². The molecule has 3 aromatic rings. The van der Waals surface area contributed by atoms with Crippen molar-refractivity contribution in [1.82, 2.24) is 24.4 Å². The number of benzene rings is 1. The van der Waals surface area contributed by atoms with Gasteiger partial charge in [-0.1, -0.05) is 0 Å². The molecule has 0 saturated carbocycles. The third-order valence-electron chi connectivity index (χ3n) is 7.00. The largest absolute Gasteiger partial charge is 0.444 e. The van der Waals surface area contributed by atoms with Gasteiger partial charge in [-0.25, -0.2) is 27.9 Å². The molecule has 0 radical (unpaired) electrons. The maximum absolute atomic E-state index is 14.6. The second-order valence-electron chi connectivity index (χ2n) is 11.0. The van der Waals surface area contributed by atoms with Crippen molar-refractivity contribution < 1.29 is 23.1 Å². The zero-order valence-corrected chi connectivity index (χ0v) is 22.5.